The Hall–Kier alpha value is -0.735. The second-order valence-corrected chi connectivity index (χ2v) is 4.79. The van der Waals surface area contributed by atoms with E-state index in [1.165, 1.54) is 15.9 Å². The van der Waals surface area contributed by atoms with Crippen molar-refractivity contribution in [3.05, 3.63) is 23.8 Å². The molecule has 15 heavy (non-hydrogen) atoms. The molecule has 0 aliphatic carbocycles. The molecule has 0 amide bonds. The van der Waals surface area contributed by atoms with Crippen LogP contribution >= 0.6 is 11.8 Å². The van der Waals surface area contributed by atoms with Gasteiger partial charge in [0, 0.05) is 4.90 Å². The number of benzene rings is 1. The third kappa shape index (κ3) is 2.26. The summed E-state index contributed by atoms with van der Waals surface area (Å²) < 4.78 is 5.57. The predicted molar refractivity (Wildman–Crippen MR) is 63.9 cm³/mol. The second kappa shape index (κ2) is 4.41. The molecule has 1 aliphatic rings. The van der Waals surface area contributed by atoms with Gasteiger partial charge >= 0.3 is 6.92 Å². The van der Waals surface area contributed by atoms with Crippen molar-refractivity contribution >= 4 is 29.9 Å². The third-order valence-corrected chi connectivity index (χ3v) is 3.70. The maximum atomic E-state index is 10.9. The van der Waals surface area contributed by atoms with Crippen LogP contribution in [0.5, 0.6) is 0 Å². The molecule has 78 valence electrons. The van der Waals surface area contributed by atoms with E-state index in [4.69, 9.17) is 4.65 Å². The summed E-state index contributed by atoms with van der Waals surface area (Å²) in [4.78, 5) is 12.1. The van der Waals surface area contributed by atoms with Crippen LogP contribution in [0.3, 0.4) is 0 Å². The molecule has 0 aromatic heterocycles. The molecule has 2 nitrogen and oxygen atoms in total. The lowest BCUT2D eigenvalue weighted by Gasteiger charge is -2.07. The summed E-state index contributed by atoms with van der Waals surface area (Å²) in [5, 5.41) is 0. The number of Topliss-reactive ketones (excluding diaryl/α,β-unsaturated/α-hetero) is 1. The van der Waals surface area contributed by atoms with Crippen molar-refractivity contribution in [2.24, 2.45) is 0 Å². The molecule has 2 rings (SSSR count). The van der Waals surface area contributed by atoms with Gasteiger partial charge in [-0.15, -0.1) is 11.8 Å². The summed E-state index contributed by atoms with van der Waals surface area (Å²) in [5.74, 6) is 0.757. The van der Waals surface area contributed by atoms with E-state index in [1.54, 1.807) is 18.7 Å². The highest BCUT2D eigenvalue weighted by molar-refractivity contribution is 8.00. The van der Waals surface area contributed by atoms with Gasteiger partial charge in [-0.1, -0.05) is 19.0 Å². The predicted octanol–water partition coefficient (Wildman–Crippen LogP) is 1.73. The Kier molecular flexibility index (Phi) is 3.17. The van der Waals surface area contributed by atoms with E-state index in [0.717, 1.165) is 0 Å². The molecule has 0 spiro atoms. The molecular formula is C11H13BO2S. The first kappa shape index (κ1) is 10.8. The number of thioether (sulfide) groups is 1. The Morgan fingerprint density at radius 3 is 3.13 bits per heavy atom. The van der Waals surface area contributed by atoms with Crippen LogP contribution in [0.15, 0.2) is 23.1 Å². The normalized spacial score (nSPS) is 14.1. The first-order valence-corrected chi connectivity index (χ1v) is 6.02. The lowest BCUT2D eigenvalue weighted by Crippen LogP contribution is -2.26. The van der Waals surface area contributed by atoms with Crippen molar-refractivity contribution in [3.63, 3.8) is 0 Å². The van der Waals surface area contributed by atoms with Crippen LogP contribution in [0.2, 0.25) is 6.82 Å². The number of hydrogen-bond acceptors (Lipinski definition) is 3. The molecule has 0 N–H and O–H groups in total. The van der Waals surface area contributed by atoms with Crippen molar-refractivity contribution in [1.29, 1.82) is 0 Å². The molecular weight excluding hydrogens is 207 g/mol. The SMILES string of the molecule is CB1OCc2cccc(SCC(C)=O)c21. The smallest absolute Gasteiger partial charge is 0.325 e. The van der Waals surface area contributed by atoms with Crippen LogP contribution < -0.4 is 5.46 Å². The zero-order valence-electron chi connectivity index (χ0n) is 8.95. The fourth-order valence-corrected chi connectivity index (χ4v) is 2.77. The summed E-state index contributed by atoms with van der Waals surface area (Å²) in [6.07, 6.45) is 0. The highest BCUT2D eigenvalue weighted by atomic mass is 32.2. The van der Waals surface area contributed by atoms with Gasteiger partial charge in [-0.25, -0.2) is 0 Å². The second-order valence-electron chi connectivity index (χ2n) is 3.77. The van der Waals surface area contributed by atoms with Crippen molar-refractivity contribution in [3.8, 4) is 0 Å². The number of ketones is 1. The number of rotatable bonds is 3. The fraction of sp³-hybridized carbons (Fsp3) is 0.364. The molecule has 0 saturated heterocycles. The molecule has 0 radical (unpaired) electrons. The zero-order chi connectivity index (χ0) is 10.8. The van der Waals surface area contributed by atoms with Crippen molar-refractivity contribution in [1.82, 2.24) is 0 Å². The largest absolute Gasteiger partial charge is 0.427 e. The number of hydrogen-bond donors (Lipinski definition) is 0. The van der Waals surface area contributed by atoms with Gasteiger partial charge in [-0.3, -0.25) is 4.79 Å². The minimum Gasteiger partial charge on any atom is -0.427 e. The maximum Gasteiger partial charge on any atom is 0.325 e. The van der Waals surface area contributed by atoms with Gasteiger partial charge in [0.2, 0.25) is 0 Å². The Balaban J connectivity index is 2.24. The average molecular weight is 220 g/mol. The molecule has 1 aromatic carbocycles. The van der Waals surface area contributed by atoms with Crippen LogP contribution in [-0.2, 0) is 16.1 Å². The van der Waals surface area contributed by atoms with Crippen LogP contribution in [0, 0.1) is 0 Å². The van der Waals surface area contributed by atoms with E-state index in [0.29, 0.717) is 12.4 Å². The monoisotopic (exact) mass is 220 g/mol. The molecule has 0 saturated carbocycles. The van der Waals surface area contributed by atoms with E-state index in [9.17, 15) is 4.79 Å². The molecule has 0 unspecified atom stereocenters. The Bertz CT molecular complexity index is 392. The molecule has 4 heteroatoms. The van der Waals surface area contributed by atoms with E-state index >= 15 is 0 Å². The maximum absolute atomic E-state index is 10.9. The first-order valence-electron chi connectivity index (χ1n) is 5.04. The van der Waals surface area contributed by atoms with Crippen LogP contribution in [0.25, 0.3) is 0 Å². The number of carbonyl (C=O) groups excluding carboxylic acids is 1. The van der Waals surface area contributed by atoms with Gasteiger partial charge in [0.1, 0.15) is 5.78 Å². The van der Waals surface area contributed by atoms with Crippen LogP contribution in [-0.4, -0.2) is 18.5 Å². The molecule has 1 heterocycles. The number of carbonyl (C=O) groups is 1. The van der Waals surface area contributed by atoms with Gasteiger partial charge in [-0.2, -0.15) is 0 Å². The van der Waals surface area contributed by atoms with Crippen molar-refractivity contribution in [2.75, 3.05) is 5.75 Å². The first-order chi connectivity index (χ1) is 7.18. The zero-order valence-corrected chi connectivity index (χ0v) is 9.76. The number of fused-ring (bicyclic) bond motifs is 1. The van der Waals surface area contributed by atoms with Crippen molar-refractivity contribution in [2.45, 2.75) is 25.2 Å². The third-order valence-electron chi connectivity index (χ3n) is 2.48. The highest BCUT2D eigenvalue weighted by Gasteiger charge is 2.26. The van der Waals surface area contributed by atoms with E-state index in [2.05, 4.69) is 19.0 Å². The van der Waals surface area contributed by atoms with Gasteiger partial charge in [0.15, 0.2) is 0 Å². The Morgan fingerprint density at radius 1 is 1.60 bits per heavy atom. The molecule has 0 fully saturated rings. The lowest BCUT2D eigenvalue weighted by atomic mass is 9.64. The van der Waals surface area contributed by atoms with Gasteiger partial charge < -0.3 is 4.65 Å². The topological polar surface area (TPSA) is 26.3 Å². The lowest BCUT2D eigenvalue weighted by molar-refractivity contribution is -0.114. The summed E-state index contributed by atoms with van der Waals surface area (Å²) in [7, 11) is 0. The minimum absolute atomic E-state index is 0.163. The minimum atomic E-state index is 0.163. The summed E-state index contributed by atoms with van der Waals surface area (Å²) >= 11 is 1.61. The van der Waals surface area contributed by atoms with Crippen LogP contribution in [0.4, 0.5) is 0 Å². The van der Waals surface area contributed by atoms with Crippen LogP contribution in [0.1, 0.15) is 12.5 Å². The standard InChI is InChI=1S/C11H13BO2S/c1-8(13)7-15-10-5-3-4-9-6-14-12(2)11(9)10/h3-5H,6-7H2,1-2H3. The fourth-order valence-electron chi connectivity index (χ4n) is 1.78. The highest BCUT2D eigenvalue weighted by Crippen LogP contribution is 2.22. The Labute approximate surface area is 94.5 Å². The van der Waals surface area contributed by atoms with E-state index in [1.807, 2.05) is 6.07 Å². The Morgan fingerprint density at radius 2 is 2.40 bits per heavy atom. The quantitative estimate of drug-likeness (QED) is 0.573. The molecule has 0 bridgehead atoms. The van der Waals surface area contributed by atoms with E-state index in [-0.39, 0.29) is 12.7 Å². The molecule has 0 atom stereocenters. The van der Waals surface area contributed by atoms with Gasteiger partial charge in [-0.05, 0) is 24.0 Å². The van der Waals surface area contributed by atoms with Gasteiger partial charge in [0.05, 0.1) is 12.4 Å². The molecule has 1 aromatic rings. The summed E-state index contributed by atoms with van der Waals surface area (Å²) in [6, 6.07) is 6.19. The van der Waals surface area contributed by atoms with Gasteiger partial charge in [0.25, 0.3) is 0 Å². The van der Waals surface area contributed by atoms with Crippen molar-refractivity contribution < 1.29 is 9.45 Å². The summed E-state index contributed by atoms with van der Waals surface area (Å²) in [6.45, 7) is 4.54. The van der Waals surface area contributed by atoms with E-state index < -0.39 is 0 Å². The summed E-state index contributed by atoms with van der Waals surface area (Å²) in [5.41, 5.74) is 2.53. The average Bonchev–Trinajstić information content (AvgIpc) is 2.58. The molecule has 1 aliphatic heterocycles.